The summed E-state index contributed by atoms with van der Waals surface area (Å²) >= 11 is 0. The zero-order valence-corrected chi connectivity index (χ0v) is 10.9. The fourth-order valence-corrected chi connectivity index (χ4v) is 1.65. The van der Waals surface area contributed by atoms with Gasteiger partial charge >= 0.3 is 0 Å². The van der Waals surface area contributed by atoms with Crippen LogP contribution in [0.4, 0.5) is 0 Å². The molecule has 1 N–H and O–H groups in total. The summed E-state index contributed by atoms with van der Waals surface area (Å²) in [4.78, 5) is 2.51. The van der Waals surface area contributed by atoms with Crippen molar-refractivity contribution in [3.8, 4) is 0 Å². The first-order valence-electron chi connectivity index (χ1n) is 6.16. The lowest BCUT2D eigenvalue weighted by atomic mass is 10.2. The predicted molar refractivity (Wildman–Crippen MR) is 66.4 cm³/mol. The number of nitrogens with one attached hydrogen (secondary N) is 1. The van der Waals surface area contributed by atoms with E-state index in [0.29, 0.717) is 6.04 Å². The molecule has 0 aromatic rings. The fraction of sp³-hybridized carbons (Fsp3) is 1.00. The van der Waals surface area contributed by atoms with E-state index in [-0.39, 0.29) is 0 Å². The first-order valence-corrected chi connectivity index (χ1v) is 6.16. The Morgan fingerprint density at radius 1 is 1.20 bits per heavy atom. The molecule has 0 bridgehead atoms. The molecule has 92 valence electrons. The SMILES string of the molecule is CCN(CCCCNCCOC)C(C)C. The summed E-state index contributed by atoms with van der Waals surface area (Å²) in [5, 5.41) is 3.36. The smallest absolute Gasteiger partial charge is 0.0587 e. The van der Waals surface area contributed by atoms with Crippen molar-refractivity contribution >= 4 is 0 Å². The van der Waals surface area contributed by atoms with Crippen LogP contribution < -0.4 is 5.32 Å². The molecule has 0 spiro atoms. The van der Waals surface area contributed by atoms with Crippen molar-refractivity contribution in [1.82, 2.24) is 10.2 Å². The zero-order chi connectivity index (χ0) is 11.5. The van der Waals surface area contributed by atoms with Crippen LogP contribution in [0.3, 0.4) is 0 Å². The summed E-state index contributed by atoms with van der Waals surface area (Å²) in [5.41, 5.74) is 0. The Morgan fingerprint density at radius 2 is 1.93 bits per heavy atom. The maximum absolute atomic E-state index is 4.96. The minimum atomic E-state index is 0.677. The van der Waals surface area contributed by atoms with Crippen LogP contribution in [0.1, 0.15) is 33.6 Å². The number of ether oxygens (including phenoxy) is 1. The van der Waals surface area contributed by atoms with Crippen molar-refractivity contribution in [2.45, 2.75) is 39.7 Å². The van der Waals surface area contributed by atoms with E-state index in [9.17, 15) is 0 Å². The Balaban J connectivity index is 3.22. The average Bonchev–Trinajstić information content (AvgIpc) is 2.21. The minimum Gasteiger partial charge on any atom is -0.383 e. The molecular formula is C12H28N2O. The van der Waals surface area contributed by atoms with Gasteiger partial charge in [0, 0.05) is 19.7 Å². The highest BCUT2D eigenvalue weighted by molar-refractivity contribution is 4.60. The van der Waals surface area contributed by atoms with Crippen LogP contribution in [0.5, 0.6) is 0 Å². The van der Waals surface area contributed by atoms with E-state index in [1.54, 1.807) is 7.11 Å². The Hall–Kier alpha value is -0.120. The van der Waals surface area contributed by atoms with E-state index in [4.69, 9.17) is 4.74 Å². The van der Waals surface area contributed by atoms with Crippen LogP contribution in [0.15, 0.2) is 0 Å². The van der Waals surface area contributed by atoms with Crippen LogP contribution in [-0.4, -0.2) is 50.8 Å². The van der Waals surface area contributed by atoms with E-state index in [2.05, 4.69) is 31.0 Å². The highest BCUT2D eigenvalue weighted by Gasteiger charge is 2.04. The highest BCUT2D eigenvalue weighted by Crippen LogP contribution is 2.00. The van der Waals surface area contributed by atoms with Gasteiger partial charge in [0.05, 0.1) is 6.61 Å². The quantitative estimate of drug-likeness (QED) is 0.563. The van der Waals surface area contributed by atoms with Gasteiger partial charge in [-0.3, -0.25) is 0 Å². The molecule has 0 unspecified atom stereocenters. The van der Waals surface area contributed by atoms with E-state index < -0.39 is 0 Å². The zero-order valence-electron chi connectivity index (χ0n) is 10.9. The van der Waals surface area contributed by atoms with Crippen LogP contribution >= 0.6 is 0 Å². The lowest BCUT2D eigenvalue weighted by Crippen LogP contribution is -2.32. The first-order chi connectivity index (χ1) is 7.22. The second-order valence-electron chi connectivity index (χ2n) is 4.17. The molecule has 0 aliphatic rings. The number of hydrogen-bond donors (Lipinski definition) is 1. The average molecular weight is 216 g/mol. The van der Waals surface area contributed by atoms with Gasteiger partial charge < -0.3 is 15.0 Å². The largest absolute Gasteiger partial charge is 0.383 e. The highest BCUT2D eigenvalue weighted by atomic mass is 16.5. The van der Waals surface area contributed by atoms with Gasteiger partial charge in [-0.25, -0.2) is 0 Å². The topological polar surface area (TPSA) is 24.5 Å². The summed E-state index contributed by atoms with van der Waals surface area (Å²) in [7, 11) is 1.74. The molecule has 0 aromatic carbocycles. The monoisotopic (exact) mass is 216 g/mol. The molecule has 0 aliphatic carbocycles. The van der Waals surface area contributed by atoms with E-state index >= 15 is 0 Å². The summed E-state index contributed by atoms with van der Waals surface area (Å²) in [6, 6.07) is 0.677. The lowest BCUT2D eigenvalue weighted by molar-refractivity contribution is 0.198. The number of methoxy groups -OCH3 is 1. The van der Waals surface area contributed by atoms with Crippen molar-refractivity contribution in [2.24, 2.45) is 0 Å². The van der Waals surface area contributed by atoms with E-state index in [1.165, 1.54) is 19.4 Å². The summed E-state index contributed by atoms with van der Waals surface area (Å²) in [6.45, 7) is 12.0. The maximum atomic E-state index is 4.96. The minimum absolute atomic E-state index is 0.677. The number of nitrogens with zero attached hydrogens (tertiary/aromatic N) is 1. The van der Waals surface area contributed by atoms with Gasteiger partial charge in [0.1, 0.15) is 0 Å². The number of rotatable bonds is 10. The van der Waals surface area contributed by atoms with Gasteiger partial charge in [-0.2, -0.15) is 0 Å². The molecule has 0 heterocycles. The molecule has 0 fully saturated rings. The molecule has 0 atom stereocenters. The fourth-order valence-electron chi connectivity index (χ4n) is 1.65. The molecule has 3 nitrogen and oxygen atoms in total. The summed E-state index contributed by atoms with van der Waals surface area (Å²) < 4.78 is 4.96. The van der Waals surface area contributed by atoms with Crippen molar-refractivity contribution in [1.29, 1.82) is 0 Å². The van der Waals surface area contributed by atoms with Gasteiger partial charge in [-0.05, 0) is 46.3 Å². The Kier molecular flexibility index (Phi) is 10.3. The van der Waals surface area contributed by atoms with Crippen LogP contribution in [0.25, 0.3) is 0 Å². The van der Waals surface area contributed by atoms with Crippen LogP contribution in [0, 0.1) is 0 Å². The van der Waals surface area contributed by atoms with Crippen LogP contribution in [0.2, 0.25) is 0 Å². The number of hydrogen-bond acceptors (Lipinski definition) is 3. The molecule has 0 saturated heterocycles. The van der Waals surface area contributed by atoms with E-state index in [0.717, 1.165) is 26.2 Å². The molecule has 0 rings (SSSR count). The standard InChI is InChI=1S/C12H28N2O/c1-5-14(12(2)3)10-7-6-8-13-9-11-15-4/h12-13H,5-11H2,1-4H3. The van der Waals surface area contributed by atoms with Crippen molar-refractivity contribution < 1.29 is 4.74 Å². The van der Waals surface area contributed by atoms with E-state index in [1.807, 2.05) is 0 Å². The number of unbranched alkanes of at least 4 members (excludes halogenated alkanes) is 1. The second-order valence-corrected chi connectivity index (χ2v) is 4.17. The third-order valence-corrected chi connectivity index (χ3v) is 2.67. The Bertz CT molecular complexity index is 129. The predicted octanol–water partition coefficient (Wildman–Crippen LogP) is 1.73. The molecule has 3 heteroatoms. The van der Waals surface area contributed by atoms with Crippen LogP contribution in [-0.2, 0) is 4.74 Å². The normalized spacial score (nSPS) is 11.6. The molecule has 0 radical (unpaired) electrons. The maximum Gasteiger partial charge on any atom is 0.0587 e. The summed E-state index contributed by atoms with van der Waals surface area (Å²) in [6.07, 6.45) is 2.54. The van der Waals surface area contributed by atoms with Crippen molar-refractivity contribution in [3.63, 3.8) is 0 Å². The molecule has 0 amide bonds. The first kappa shape index (κ1) is 14.9. The molecule has 0 saturated carbocycles. The van der Waals surface area contributed by atoms with Gasteiger partial charge in [0.2, 0.25) is 0 Å². The Morgan fingerprint density at radius 3 is 2.47 bits per heavy atom. The second kappa shape index (κ2) is 10.4. The van der Waals surface area contributed by atoms with Crippen molar-refractivity contribution in [3.05, 3.63) is 0 Å². The van der Waals surface area contributed by atoms with Gasteiger partial charge in [-0.15, -0.1) is 0 Å². The van der Waals surface area contributed by atoms with Crippen molar-refractivity contribution in [2.75, 3.05) is 39.9 Å². The molecule has 0 aliphatic heterocycles. The third-order valence-electron chi connectivity index (χ3n) is 2.67. The molecular weight excluding hydrogens is 188 g/mol. The van der Waals surface area contributed by atoms with Gasteiger partial charge in [0.15, 0.2) is 0 Å². The van der Waals surface area contributed by atoms with Gasteiger partial charge in [0.25, 0.3) is 0 Å². The van der Waals surface area contributed by atoms with Gasteiger partial charge in [-0.1, -0.05) is 6.92 Å². The lowest BCUT2D eigenvalue weighted by Gasteiger charge is -2.24. The molecule has 0 aromatic heterocycles. The summed E-state index contributed by atoms with van der Waals surface area (Å²) in [5.74, 6) is 0. The molecule has 15 heavy (non-hydrogen) atoms. The third kappa shape index (κ3) is 8.85. The Labute approximate surface area is 95.2 Å².